The number of hydrogen-bond donors (Lipinski definition) is 0. The van der Waals surface area contributed by atoms with Crippen LogP contribution in [0.3, 0.4) is 0 Å². The number of carbonyl (C=O) groups is 1. The Kier molecular flexibility index (Phi) is 4.45. The first kappa shape index (κ1) is 13.9. The number of pyridine rings is 1. The van der Waals surface area contributed by atoms with Gasteiger partial charge in [0.05, 0.1) is 10.6 Å². The van der Waals surface area contributed by atoms with Crippen molar-refractivity contribution in [2.24, 2.45) is 0 Å². The second-order valence-corrected chi connectivity index (χ2v) is 5.53. The molecule has 19 heavy (non-hydrogen) atoms. The van der Waals surface area contributed by atoms with E-state index in [1.54, 1.807) is 32.4 Å². The summed E-state index contributed by atoms with van der Waals surface area (Å²) in [5, 5.41) is 1.32. The molecule has 2 rings (SSSR count). The third-order valence-electron chi connectivity index (χ3n) is 2.45. The SMILES string of the molecule is CN(C)C(=O)c1cccnc1Sc1ccccc1Cl. The highest BCUT2D eigenvalue weighted by Gasteiger charge is 2.15. The van der Waals surface area contributed by atoms with E-state index in [0.29, 0.717) is 15.6 Å². The number of nitrogens with zero attached hydrogens (tertiary/aromatic N) is 2. The summed E-state index contributed by atoms with van der Waals surface area (Å²) in [6, 6.07) is 11.0. The second kappa shape index (κ2) is 6.08. The van der Waals surface area contributed by atoms with Crippen molar-refractivity contribution >= 4 is 29.3 Å². The van der Waals surface area contributed by atoms with E-state index < -0.39 is 0 Å². The number of benzene rings is 1. The molecule has 0 fully saturated rings. The Balaban J connectivity index is 2.36. The monoisotopic (exact) mass is 292 g/mol. The molecule has 0 spiro atoms. The zero-order chi connectivity index (χ0) is 13.8. The third-order valence-corrected chi connectivity index (χ3v) is 3.99. The van der Waals surface area contributed by atoms with Crippen molar-refractivity contribution < 1.29 is 4.79 Å². The van der Waals surface area contributed by atoms with E-state index in [2.05, 4.69) is 4.98 Å². The van der Waals surface area contributed by atoms with Crippen molar-refractivity contribution in [1.29, 1.82) is 0 Å². The van der Waals surface area contributed by atoms with Gasteiger partial charge in [-0.2, -0.15) is 0 Å². The summed E-state index contributed by atoms with van der Waals surface area (Å²) < 4.78 is 0. The molecule has 0 atom stereocenters. The number of rotatable bonds is 3. The zero-order valence-corrected chi connectivity index (χ0v) is 12.2. The Hall–Kier alpha value is -1.52. The zero-order valence-electron chi connectivity index (χ0n) is 10.6. The van der Waals surface area contributed by atoms with Crippen LogP contribution in [0.1, 0.15) is 10.4 Å². The van der Waals surface area contributed by atoms with Crippen molar-refractivity contribution in [2.45, 2.75) is 9.92 Å². The van der Waals surface area contributed by atoms with Crippen molar-refractivity contribution in [3.8, 4) is 0 Å². The molecule has 0 saturated heterocycles. The maximum absolute atomic E-state index is 12.1. The number of hydrogen-bond acceptors (Lipinski definition) is 3. The van der Waals surface area contributed by atoms with E-state index in [0.717, 1.165) is 4.90 Å². The predicted molar refractivity (Wildman–Crippen MR) is 77.8 cm³/mol. The molecular formula is C14H13ClN2OS. The fourth-order valence-corrected chi connectivity index (χ4v) is 2.66. The van der Waals surface area contributed by atoms with Crippen molar-refractivity contribution in [3.63, 3.8) is 0 Å². The van der Waals surface area contributed by atoms with Crippen molar-refractivity contribution in [2.75, 3.05) is 14.1 Å². The van der Waals surface area contributed by atoms with E-state index >= 15 is 0 Å². The van der Waals surface area contributed by atoms with E-state index in [9.17, 15) is 4.79 Å². The van der Waals surface area contributed by atoms with Gasteiger partial charge in [-0.3, -0.25) is 4.79 Å². The highest BCUT2D eigenvalue weighted by atomic mass is 35.5. The average Bonchev–Trinajstić information content (AvgIpc) is 2.41. The van der Waals surface area contributed by atoms with Crippen LogP contribution in [0.25, 0.3) is 0 Å². The summed E-state index contributed by atoms with van der Waals surface area (Å²) >= 11 is 7.52. The first-order valence-electron chi connectivity index (χ1n) is 5.68. The van der Waals surface area contributed by atoms with Crippen LogP contribution in [-0.4, -0.2) is 29.9 Å². The molecule has 0 N–H and O–H groups in total. The minimum absolute atomic E-state index is 0.0670. The maximum atomic E-state index is 12.1. The standard InChI is InChI=1S/C14H13ClN2OS/c1-17(2)14(18)10-6-5-9-16-13(10)19-12-8-4-3-7-11(12)15/h3-9H,1-2H3. The lowest BCUT2D eigenvalue weighted by atomic mass is 10.2. The number of halogens is 1. The average molecular weight is 293 g/mol. The van der Waals surface area contributed by atoms with Crippen LogP contribution in [0, 0.1) is 0 Å². The second-order valence-electron chi connectivity index (χ2n) is 4.09. The summed E-state index contributed by atoms with van der Waals surface area (Å²) in [6.45, 7) is 0. The van der Waals surface area contributed by atoms with Gasteiger partial charge in [-0.15, -0.1) is 0 Å². The summed E-state index contributed by atoms with van der Waals surface area (Å²) in [5.74, 6) is -0.0670. The molecule has 1 amide bonds. The summed E-state index contributed by atoms with van der Waals surface area (Å²) in [4.78, 5) is 18.8. The molecule has 0 bridgehead atoms. The minimum atomic E-state index is -0.0670. The molecule has 5 heteroatoms. The van der Waals surface area contributed by atoms with Gasteiger partial charge in [0.1, 0.15) is 5.03 Å². The Labute approximate surface area is 121 Å². The molecule has 0 saturated carbocycles. The molecule has 0 unspecified atom stereocenters. The molecule has 0 radical (unpaired) electrons. The van der Waals surface area contributed by atoms with Gasteiger partial charge in [-0.05, 0) is 24.3 Å². The normalized spacial score (nSPS) is 10.3. The van der Waals surface area contributed by atoms with Crippen LogP contribution in [0.4, 0.5) is 0 Å². The lowest BCUT2D eigenvalue weighted by Gasteiger charge is -2.13. The Morgan fingerprint density at radius 3 is 2.63 bits per heavy atom. The Morgan fingerprint density at radius 2 is 1.95 bits per heavy atom. The number of amides is 1. The summed E-state index contributed by atoms with van der Waals surface area (Å²) in [5.41, 5.74) is 0.581. The summed E-state index contributed by atoms with van der Waals surface area (Å²) in [6.07, 6.45) is 1.67. The molecular weight excluding hydrogens is 280 g/mol. The number of carbonyl (C=O) groups excluding carboxylic acids is 1. The van der Waals surface area contributed by atoms with Gasteiger partial charge in [0.25, 0.3) is 5.91 Å². The molecule has 0 aliphatic rings. The molecule has 1 aromatic heterocycles. The molecule has 0 aliphatic heterocycles. The first-order valence-corrected chi connectivity index (χ1v) is 6.88. The van der Waals surface area contributed by atoms with E-state index in [1.807, 2.05) is 24.3 Å². The highest BCUT2D eigenvalue weighted by Crippen LogP contribution is 2.33. The smallest absolute Gasteiger partial charge is 0.256 e. The maximum Gasteiger partial charge on any atom is 0.256 e. The van der Waals surface area contributed by atoms with Crippen LogP contribution in [0.5, 0.6) is 0 Å². The first-order chi connectivity index (χ1) is 9.09. The quantitative estimate of drug-likeness (QED) is 0.867. The van der Waals surface area contributed by atoms with Gasteiger partial charge in [0.2, 0.25) is 0 Å². The molecule has 0 aliphatic carbocycles. The predicted octanol–water partition coefficient (Wildman–Crippen LogP) is 3.59. The van der Waals surface area contributed by atoms with Crippen molar-refractivity contribution in [1.82, 2.24) is 9.88 Å². The van der Waals surface area contributed by atoms with Crippen LogP contribution < -0.4 is 0 Å². The van der Waals surface area contributed by atoms with Gasteiger partial charge in [0, 0.05) is 25.2 Å². The van der Waals surface area contributed by atoms with Gasteiger partial charge < -0.3 is 4.90 Å². The van der Waals surface area contributed by atoms with Gasteiger partial charge in [-0.25, -0.2) is 4.98 Å². The minimum Gasteiger partial charge on any atom is -0.345 e. The fourth-order valence-electron chi connectivity index (χ4n) is 1.51. The summed E-state index contributed by atoms with van der Waals surface area (Å²) in [7, 11) is 3.44. The highest BCUT2D eigenvalue weighted by molar-refractivity contribution is 7.99. The molecule has 3 nitrogen and oxygen atoms in total. The van der Waals surface area contributed by atoms with Crippen molar-refractivity contribution in [3.05, 3.63) is 53.2 Å². The van der Waals surface area contributed by atoms with E-state index in [1.165, 1.54) is 16.7 Å². The molecule has 1 heterocycles. The largest absolute Gasteiger partial charge is 0.345 e. The van der Waals surface area contributed by atoms with E-state index in [-0.39, 0.29) is 5.91 Å². The molecule has 1 aromatic carbocycles. The van der Waals surface area contributed by atoms with Crippen LogP contribution in [-0.2, 0) is 0 Å². The Bertz CT molecular complexity index is 602. The third kappa shape index (κ3) is 3.28. The topological polar surface area (TPSA) is 33.2 Å². The molecule has 2 aromatic rings. The van der Waals surface area contributed by atoms with Gasteiger partial charge in [-0.1, -0.05) is 35.5 Å². The van der Waals surface area contributed by atoms with Gasteiger partial charge >= 0.3 is 0 Å². The lowest BCUT2D eigenvalue weighted by Crippen LogP contribution is -2.22. The Morgan fingerprint density at radius 1 is 1.21 bits per heavy atom. The fraction of sp³-hybridized carbons (Fsp3) is 0.143. The van der Waals surface area contributed by atoms with Gasteiger partial charge in [0.15, 0.2) is 0 Å². The van der Waals surface area contributed by atoms with Crippen LogP contribution >= 0.6 is 23.4 Å². The lowest BCUT2D eigenvalue weighted by molar-refractivity contribution is 0.0823. The number of aromatic nitrogens is 1. The molecule has 98 valence electrons. The van der Waals surface area contributed by atoms with Crippen LogP contribution in [0.2, 0.25) is 5.02 Å². The van der Waals surface area contributed by atoms with E-state index in [4.69, 9.17) is 11.6 Å². The van der Waals surface area contributed by atoms with Crippen LogP contribution in [0.15, 0.2) is 52.5 Å².